The number of phenolic OH excluding ortho intramolecular Hbond substituents is 1. The van der Waals surface area contributed by atoms with E-state index in [0.717, 1.165) is 0 Å². The molecule has 0 saturated heterocycles. The van der Waals surface area contributed by atoms with E-state index >= 15 is 0 Å². The van der Waals surface area contributed by atoms with Gasteiger partial charge in [-0.05, 0) is 24.3 Å². The van der Waals surface area contributed by atoms with Crippen LogP contribution in [0.4, 0.5) is 11.4 Å². The average Bonchev–Trinajstić information content (AvgIpc) is 2.42. The summed E-state index contributed by atoms with van der Waals surface area (Å²) in [5.74, 6) is -0.626. The Morgan fingerprint density at radius 2 is 1.95 bits per heavy atom. The third-order valence-corrected chi connectivity index (χ3v) is 2.66. The van der Waals surface area contributed by atoms with Crippen LogP contribution in [0, 0.1) is 0 Å². The van der Waals surface area contributed by atoms with Crippen molar-refractivity contribution in [2.45, 2.75) is 13.3 Å². The van der Waals surface area contributed by atoms with Gasteiger partial charge in [-0.15, -0.1) is 12.4 Å². The number of aromatic hydroxyl groups is 1. The molecule has 1 aromatic carbocycles. The maximum absolute atomic E-state index is 11.9. The van der Waals surface area contributed by atoms with Crippen molar-refractivity contribution in [2.75, 3.05) is 10.6 Å². The smallest absolute Gasteiger partial charge is 0.230 e. The second-order valence-corrected chi connectivity index (χ2v) is 4.46. The Labute approximate surface area is 134 Å². The predicted octanol–water partition coefficient (Wildman–Crippen LogP) is 2.35. The zero-order chi connectivity index (χ0) is 15.2. The highest BCUT2D eigenvalue weighted by atomic mass is 35.5. The number of amides is 2. The fourth-order valence-corrected chi connectivity index (χ4v) is 1.78. The van der Waals surface area contributed by atoms with Crippen molar-refractivity contribution in [3.63, 3.8) is 0 Å². The monoisotopic (exact) mass is 321 g/mol. The first-order valence-corrected chi connectivity index (χ1v) is 6.35. The van der Waals surface area contributed by atoms with Crippen LogP contribution in [-0.4, -0.2) is 21.9 Å². The molecule has 2 amide bonds. The minimum Gasteiger partial charge on any atom is -0.506 e. The summed E-state index contributed by atoms with van der Waals surface area (Å²) in [5.41, 5.74) is 1.40. The number of carbonyl (C=O) groups is 2. The molecule has 2 rings (SSSR count). The molecule has 116 valence electrons. The molecule has 0 unspecified atom stereocenters. The number of pyridine rings is 1. The minimum absolute atomic E-state index is 0. The number of nitrogens with zero attached hydrogens (tertiary/aromatic N) is 1. The molecule has 2 aromatic rings. The highest BCUT2D eigenvalue weighted by molar-refractivity contribution is 5.94. The van der Waals surface area contributed by atoms with Gasteiger partial charge in [0.05, 0.1) is 12.1 Å². The van der Waals surface area contributed by atoms with Crippen LogP contribution in [0.3, 0.4) is 0 Å². The number of anilines is 2. The molecule has 0 radical (unpaired) electrons. The summed E-state index contributed by atoms with van der Waals surface area (Å²) in [6.45, 7) is 1.35. The van der Waals surface area contributed by atoms with Crippen LogP contribution in [0.15, 0.2) is 42.6 Å². The summed E-state index contributed by atoms with van der Waals surface area (Å²) in [5, 5.41) is 14.9. The van der Waals surface area contributed by atoms with Crippen LogP contribution in [-0.2, 0) is 16.0 Å². The first kappa shape index (κ1) is 17.5. The summed E-state index contributed by atoms with van der Waals surface area (Å²) < 4.78 is 0. The Bertz CT molecular complexity index is 662. The number of halogens is 1. The van der Waals surface area contributed by atoms with E-state index in [9.17, 15) is 14.7 Å². The van der Waals surface area contributed by atoms with E-state index in [1.807, 2.05) is 6.07 Å². The van der Waals surface area contributed by atoms with Gasteiger partial charge in [0.2, 0.25) is 11.8 Å². The van der Waals surface area contributed by atoms with Crippen molar-refractivity contribution >= 4 is 35.6 Å². The normalized spacial score (nSPS) is 9.50. The molecule has 0 bridgehead atoms. The molecule has 1 heterocycles. The number of phenols is 1. The lowest BCUT2D eigenvalue weighted by atomic mass is 10.2. The zero-order valence-electron chi connectivity index (χ0n) is 11.9. The Hall–Kier alpha value is -2.60. The third kappa shape index (κ3) is 5.06. The number of carbonyl (C=O) groups excluding carboxylic acids is 2. The number of benzene rings is 1. The number of rotatable bonds is 4. The van der Waals surface area contributed by atoms with Gasteiger partial charge in [-0.1, -0.05) is 6.07 Å². The van der Waals surface area contributed by atoms with Crippen molar-refractivity contribution in [1.82, 2.24) is 4.98 Å². The fourth-order valence-electron chi connectivity index (χ4n) is 1.78. The fraction of sp³-hybridized carbons (Fsp3) is 0.133. The van der Waals surface area contributed by atoms with Gasteiger partial charge in [0.25, 0.3) is 0 Å². The van der Waals surface area contributed by atoms with E-state index < -0.39 is 0 Å². The van der Waals surface area contributed by atoms with Crippen molar-refractivity contribution in [3.8, 4) is 5.75 Å². The summed E-state index contributed by atoms with van der Waals surface area (Å²) >= 11 is 0. The predicted molar refractivity (Wildman–Crippen MR) is 86.2 cm³/mol. The van der Waals surface area contributed by atoms with Gasteiger partial charge < -0.3 is 15.7 Å². The molecule has 0 aliphatic carbocycles. The van der Waals surface area contributed by atoms with Gasteiger partial charge in [0.1, 0.15) is 5.75 Å². The van der Waals surface area contributed by atoms with Gasteiger partial charge in [0, 0.05) is 30.6 Å². The molecule has 3 N–H and O–H groups in total. The second kappa shape index (κ2) is 7.99. The van der Waals surface area contributed by atoms with Gasteiger partial charge in [-0.25, -0.2) is 0 Å². The van der Waals surface area contributed by atoms with Crippen LogP contribution in [0.2, 0.25) is 0 Å². The molecule has 6 nitrogen and oxygen atoms in total. The first-order valence-electron chi connectivity index (χ1n) is 6.35. The first-order chi connectivity index (χ1) is 10.0. The summed E-state index contributed by atoms with van der Waals surface area (Å²) in [6, 6.07) is 9.84. The van der Waals surface area contributed by atoms with Gasteiger partial charge in [0.15, 0.2) is 0 Å². The summed E-state index contributed by atoms with van der Waals surface area (Å²) in [4.78, 5) is 26.9. The molecular formula is C15H16ClN3O3. The Kier molecular flexibility index (Phi) is 6.34. The maximum Gasteiger partial charge on any atom is 0.230 e. The van der Waals surface area contributed by atoms with E-state index in [4.69, 9.17) is 0 Å². The molecular weight excluding hydrogens is 306 g/mol. The average molecular weight is 322 g/mol. The van der Waals surface area contributed by atoms with Crippen LogP contribution in [0.5, 0.6) is 5.75 Å². The maximum atomic E-state index is 11.9. The zero-order valence-corrected chi connectivity index (χ0v) is 12.7. The Morgan fingerprint density at radius 3 is 2.55 bits per heavy atom. The summed E-state index contributed by atoms with van der Waals surface area (Å²) in [7, 11) is 0. The summed E-state index contributed by atoms with van der Waals surface area (Å²) in [6.07, 6.45) is 1.77. The minimum atomic E-state index is -0.280. The van der Waals surface area contributed by atoms with Crippen LogP contribution < -0.4 is 10.6 Å². The number of hydrogen-bond acceptors (Lipinski definition) is 4. The highest BCUT2D eigenvalue weighted by Crippen LogP contribution is 2.26. The molecule has 7 heteroatoms. The van der Waals surface area contributed by atoms with E-state index in [2.05, 4.69) is 15.6 Å². The third-order valence-electron chi connectivity index (χ3n) is 2.66. The lowest BCUT2D eigenvalue weighted by Gasteiger charge is -2.09. The number of aromatic nitrogens is 1. The molecule has 0 saturated carbocycles. The molecule has 0 spiro atoms. The van der Waals surface area contributed by atoms with E-state index in [1.54, 1.807) is 24.4 Å². The molecule has 0 aliphatic rings. The number of nitrogens with one attached hydrogen (secondary N) is 2. The number of hydrogen-bond donors (Lipinski definition) is 3. The molecule has 0 atom stereocenters. The molecule has 1 aromatic heterocycles. The second-order valence-electron chi connectivity index (χ2n) is 4.46. The van der Waals surface area contributed by atoms with Crippen molar-refractivity contribution in [1.29, 1.82) is 0 Å². The van der Waals surface area contributed by atoms with Crippen molar-refractivity contribution in [2.24, 2.45) is 0 Å². The van der Waals surface area contributed by atoms with Gasteiger partial charge in [-0.2, -0.15) is 0 Å². The van der Waals surface area contributed by atoms with Gasteiger partial charge in [-0.3, -0.25) is 14.6 Å². The van der Waals surface area contributed by atoms with Crippen LogP contribution >= 0.6 is 12.4 Å². The van der Waals surface area contributed by atoms with Crippen molar-refractivity contribution in [3.05, 3.63) is 48.3 Å². The van der Waals surface area contributed by atoms with Crippen LogP contribution in [0.1, 0.15) is 12.6 Å². The SMILES string of the molecule is CC(=O)Nc1ccc(NC(=O)Cc2ccccn2)cc1O.Cl. The van der Waals surface area contributed by atoms with E-state index in [-0.39, 0.29) is 36.4 Å². The lowest BCUT2D eigenvalue weighted by molar-refractivity contribution is -0.116. The highest BCUT2D eigenvalue weighted by Gasteiger charge is 2.08. The quantitative estimate of drug-likeness (QED) is 0.754. The Balaban J connectivity index is 0.00000242. The lowest BCUT2D eigenvalue weighted by Crippen LogP contribution is -2.15. The largest absolute Gasteiger partial charge is 0.506 e. The van der Waals surface area contributed by atoms with Crippen LogP contribution in [0.25, 0.3) is 0 Å². The van der Waals surface area contributed by atoms with E-state index in [0.29, 0.717) is 17.1 Å². The molecule has 22 heavy (non-hydrogen) atoms. The van der Waals surface area contributed by atoms with Crippen molar-refractivity contribution < 1.29 is 14.7 Å². The standard InChI is InChI=1S/C15H15N3O3.ClH/c1-10(19)17-13-6-5-12(8-14(13)20)18-15(21)9-11-4-2-3-7-16-11;/h2-8,20H,9H2,1H3,(H,17,19)(H,18,21);1H. The molecule has 0 aliphatic heterocycles. The van der Waals surface area contributed by atoms with Gasteiger partial charge >= 0.3 is 0 Å². The molecule has 0 fully saturated rings. The Morgan fingerprint density at radius 1 is 1.18 bits per heavy atom. The topological polar surface area (TPSA) is 91.3 Å². The van der Waals surface area contributed by atoms with E-state index in [1.165, 1.54) is 19.1 Å².